The molecule has 1 rings (SSSR count). The Hall–Kier alpha value is -0.850. The molecule has 0 saturated carbocycles. The van der Waals surface area contributed by atoms with Crippen LogP contribution in [-0.2, 0) is 19.3 Å². The molecule has 311 valence electrons. The smallest absolute Gasteiger partial charge is 0.0409 e. The lowest BCUT2D eigenvalue weighted by molar-refractivity contribution is 0.521. The minimum Gasteiger partial charge on any atom is -0.258 e. The number of aromatic nitrogens is 1. The molecule has 0 aliphatic heterocycles. The molecule has 53 heavy (non-hydrogen) atoms. The van der Waals surface area contributed by atoms with Crippen molar-refractivity contribution in [1.82, 2.24) is 4.98 Å². The summed E-state index contributed by atoms with van der Waals surface area (Å²) in [5.74, 6) is 0. The van der Waals surface area contributed by atoms with E-state index in [1.54, 1.807) is 0 Å². The molecule has 0 spiro atoms. The third-order valence-electron chi connectivity index (χ3n) is 12.0. The molecule has 0 atom stereocenters. The second-order valence-corrected chi connectivity index (χ2v) is 17.5. The van der Waals surface area contributed by atoms with E-state index in [2.05, 4.69) is 32.9 Å². The van der Waals surface area contributed by atoms with Gasteiger partial charge in [0.15, 0.2) is 0 Å². The highest BCUT2D eigenvalue weighted by atomic mass is 14.7. The van der Waals surface area contributed by atoms with E-state index in [0.717, 1.165) is 25.7 Å². The van der Waals surface area contributed by atoms with Gasteiger partial charge in [-0.1, -0.05) is 265 Å². The van der Waals surface area contributed by atoms with Crippen molar-refractivity contribution in [2.24, 2.45) is 0 Å². The van der Waals surface area contributed by atoms with Gasteiger partial charge in [-0.15, -0.1) is 0 Å². The van der Waals surface area contributed by atoms with Crippen molar-refractivity contribution < 1.29 is 0 Å². The Morgan fingerprint density at radius 3 is 0.717 bits per heavy atom. The maximum atomic E-state index is 5.13. The van der Waals surface area contributed by atoms with Crippen molar-refractivity contribution in [3.63, 3.8) is 0 Å². The summed E-state index contributed by atoms with van der Waals surface area (Å²) < 4.78 is 0. The fourth-order valence-corrected chi connectivity index (χ4v) is 8.45. The van der Waals surface area contributed by atoms with Gasteiger partial charge < -0.3 is 0 Å². The van der Waals surface area contributed by atoms with Crippen LogP contribution in [0.5, 0.6) is 0 Å². The van der Waals surface area contributed by atoms with Gasteiger partial charge in [-0.25, -0.2) is 0 Å². The zero-order valence-electron chi connectivity index (χ0n) is 36.9. The quantitative estimate of drug-likeness (QED) is 0.0608. The topological polar surface area (TPSA) is 12.9 Å². The zero-order chi connectivity index (χ0) is 38.0. The van der Waals surface area contributed by atoms with Crippen LogP contribution in [0.15, 0.2) is 12.1 Å². The van der Waals surface area contributed by atoms with Crippen LogP contribution in [-0.4, -0.2) is 4.98 Å². The van der Waals surface area contributed by atoms with Crippen LogP contribution in [0.25, 0.3) is 0 Å². The van der Waals surface area contributed by atoms with E-state index >= 15 is 0 Å². The van der Waals surface area contributed by atoms with Crippen molar-refractivity contribution in [3.8, 4) is 0 Å². The number of aryl methyl sites for hydroxylation is 3. The summed E-state index contributed by atoms with van der Waals surface area (Å²) in [6.45, 7) is 8.75. The van der Waals surface area contributed by atoms with E-state index in [4.69, 9.17) is 4.98 Å². The molecule has 0 unspecified atom stereocenters. The summed E-state index contributed by atoms with van der Waals surface area (Å²) in [4.78, 5) is 5.13. The van der Waals surface area contributed by atoms with Crippen LogP contribution < -0.4 is 0 Å². The van der Waals surface area contributed by atoms with E-state index in [9.17, 15) is 0 Å². The fraction of sp³-hybridized carbons (Fsp3) is 0.885. The van der Waals surface area contributed by atoms with E-state index in [-0.39, 0.29) is 0 Å². The second kappa shape index (κ2) is 42.3. The first-order valence-electron chi connectivity index (χ1n) is 25.1. The Labute approximate surface area is 336 Å². The molecule has 1 aromatic rings. The van der Waals surface area contributed by atoms with Crippen LogP contribution in [0.2, 0.25) is 0 Å². The van der Waals surface area contributed by atoms with Crippen molar-refractivity contribution in [1.29, 1.82) is 0 Å². The first kappa shape index (κ1) is 50.2. The van der Waals surface area contributed by atoms with Gasteiger partial charge in [-0.2, -0.15) is 0 Å². The summed E-state index contributed by atoms with van der Waals surface area (Å²) in [5.41, 5.74) is 4.17. The Bertz CT molecular complexity index is 766. The number of pyridine rings is 1. The van der Waals surface area contributed by atoms with Gasteiger partial charge in [-0.3, -0.25) is 4.98 Å². The summed E-state index contributed by atoms with van der Waals surface area (Å²) >= 11 is 0. The predicted molar refractivity (Wildman–Crippen MR) is 241 cm³/mol. The highest BCUT2D eigenvalue weighted by molar-refractivity contribution is 5.22. The van der Waals surface area contributed by atoms with Gasteiger partial charge >= 0.3 is 0 Å². The Kier molecular flexibility index (Phi) is 40.0. The normalized spacial score (nSPS) is 11.6. The maximum absolute atomic E-state index is 5.13. The number of nitrogens with zero attached hydrogens (tertiary/aromatic N) is 1. The zero-order valence-corrected chi connectivity index (χ0v) is 36.9. The molecule has 1 nitrogen and oxygen atoms in total. The van der Waals surface area contributed by atoms with Gasteiger partial charge in [0, 0.05) is 11.4 Å². The highest BCUT2D eigenvalue weighted by Crippen LogP contribution is 2.19. The van der Waals surface area contributed by atoms with Crippen molar-refractivity contribution in [2.45, 2.75) is 296 Å². The maximum Gasteiger partial charge on any atom is 0.0409 e. The van der Waals surface area contributed by atoms with Crippen LogP contribution in [0.3, 0.4) is 0 Å². The summed E-state index contributed by atoms with van der Waals surface area (Å²) in [6.07, 6.45) is 62.2. The molecule has 1 heterocycles. The molecule has 0 aromatic carbocycles. The molecular weight excluding hydrogens is 639 g/mol. The summed E-state index contributed by atoms with van der Waals surface area (Å²) in [7, 11) is 0. The van der Waals surface area contributed by atoms with Gasteiger partial charge in [-0.05, 0) is 56.2 Å². The monoisotopic (exact) mass is 737 g/mol. The summed E-state index contributed by atoms with van der Waals surface area (Å²) in [6, 6.07) is 4.78. The van der Waals surface area contributed by atoms with Gasteiger partial charge in [0.1, 0.15) is 0 Å². The molecule has 1 radical (unpaired) electrons. The third kappa shape index (κ3) is 36.5. The van der Waals surface area contributed by atoms with E-state index in [1.165, 1.54) is 274 Å². The average Bonchev–Trinajstić information content (AvgIpc) is 3.16. The standard InChI is InChI=1S/C52H98N/c1-4-7-9-11-13-15-17-19-21-23-25-27-29-31-33-35-37-39-41-43-46-51-48-50(45-6-3)49-52(53-51)47-44-42-40-38-36-34-32-30-28-26-24-22-20-18-16-14-12-10-8-5-2/h48-49H,3-47H2,1-2H3. The van der Waals surface area contributed by atoms with Crippen LogP contribution in [0.1, 0.15) is 294 Å². The van der Waals surface area contributed by atoms with E-state index in [1.807, 2.05) is 0 Å². The fourth-order valence-electron chi connectivity index (χ4n) is 8.45. The van der Waals surface area contributed by atoms with Crippen molar-refractivity contribution in [3.05, 3.63) is 36.0 Å². The molecular formula is C52H98N. The van der Waals surface area contributed by atoms with E-state index in [0.29, 0.717) is 0 Å². The molecule has 1 heteroatoms. The SMILES string of the molecule is [CH2]CCc1cc(CCCCCCCCCCCCCCCCCCCCCC)nc(CCCCCCCCCCCCCCCCCCCCCC)c1. The lowest BCUT2D eigenvalue weighted by Crippen LogP contribution is -2.00. The minimum absolute atomic E-state index is 0.988. The van der Waals surface area contributed by atoms with Gasteiger partial charge in [0.25, 0.3) is 0 Å². The molecule has 0 N–H and O–H groups in total. The summed E-state index contributed by atoms with van der Waals surface area (Å²) in [5, 5.41) is 0. The van der Waals surface area contributed by atoms with Gasteiger partial charge in [0.2, 0.25) is 0 Å². The number of unbranched alkanes of at least 4 members (excludes halogenated alkanes) is 38. The lowest BCUT2D eigenvalue weighted by Gasteiger charge is -2.09. The molecule has 0 aliphatic carbocycles. The Morgan fingerprint density at radius 2 is 0.509 bits per heavy atom. The molecule has 0 aliphatic rings. The predicted octanol–water partition coefficient (Wildman–Crippen LogP) is 18.6. The van der Waals surface area contributed by atoms with Crippen LogP contribution in [0, 0.1) is 6.92 Å². The largest absolute Gasteiger partial charge is 0.258 e. The van der Waals surface area contributed by atoms with E-state index < -0.39 is 0 Å². The highest BCUT2D eigenvalue weighted by Gasteiger charge is 2.05. The van der Waals surface area contributed by atoms with Crippen LogP contribution >= 0.6 is 0 Å². The lowest BCUT2D eigenvalue weighted by atomic mass is 10.0. The van der Waals surface area contributed by atoms with Gasteiger partial charge in [0.05, 0.1) is 0 Å². The first-order valence-corrected chi connectivity index (χ1v) is 25.1. The first-order chi connectivity index (χ1) is 26.3. The molecule has 0 saturated heterocycles. The Balaban J connectivity index is 1.94. The molecule has 0 bridgehead atoms. The molecule has 0 amide bonds. The molecule has 1 aromatic heterocycles. The number of rotatable bonds is 44. The second-order valence-electron chi connectivity index (χ2n) is 17.5. The number of hydrogen-bond donors (Lipinski definition) is 0. The van der Waals surface area contributed by atoms with Crippen molar-refractivity contribution >= 4 is 0 Å². The third-order valence-corrected chi connectivity index (χ3v) is 12.0. The van der Waals surface area contributed by atoms with Crippen LogP contribution in [0.4, 0.5) is 0 Å². The molecule has 0 fully saturated rings. The average molecular weight is 737 g/mol. The minimum atomic E-state index is 0.988. The van der Waals surface area contributed by atoms with Crippen molar-refractivity contribution in [2.75, 3.05) is 0 Å². The Morgan fingerprint density at radius 1 is 0.302 bits per heavy atom. The number of hydrogen-bond acceptors (Lipinski definition) is 1.